The Morgan fingerprint density at radius 1 is 1.23 bits per heavy atom. The topological polar surface area (TPSA) is 88.1 Å². The second kappa shape index (κ2) is 9.93. The lowest BCUT2D eigenvalue weighted by Gasteiger charge is -2.30. The zero-order valence-corrected chi connectivity index (χ0v) is 17.0. The molecule has 0 radical (unpaired) electrons. The van der Waals surface area contributed by atoms with Gasteiger partial charge in [0.1, 0.15) is 6.61 Å². The molecule has 1 saturated heterocycles. The van der Waals surface area contributed by atoms with E-state index in [1.54, 1.807) is 53.4 Å². The van der Waals surface area contributed by atoms with Crippen molar-refractivity contribution in [1.82, 2.24) is 4.90 Å². The number of aliphatic hydroxyl groups excluding tert-OH is 1. The van der Waals surface area contributed by atoms with Crippen LogP contribution in [0.4, 0.5) is 5.69 Å². The van der Waals surface area contributed by atoms with Crippen molar-refractivity contribution in [3.63, 3.8) is 0 Å². The van der Waals surface area contributed by atoms with E-state index in [0.717, 1.165) is 6.42 Å². The van der Waals surface area contributed by atoms with E-state index in [-0.39, 0.29) is 11.8 Å². The first kappa shape index (κ1) is 21.4. The number of ether oxygens (including phenoxy) is 2. The van der Waals surface area contributed by atoms with Gasteiger partial charge < -0.3 is 24.8 Å². The molecule has 30 heavy (non-hydrogen) atoms. The van der Waals surface area contributed by atoms with Gasteiger partial charge in [0.05, 0.1) is 13.2 Å². The van der Waals surface area contributed by atoms with Crippen LogP contribution >= 0.6 is 0 Å². The van der Waals surface area contributed by atoms with Crippen LogP contribution in [-0.4, -0.2) is 54.7 Å². The Kier molecular flexibility index (Phi) is 7.08. The number of likely N-dealkylation sites (tertiary alicyclic amines) is 1. The minimum absolute atomic E-state index is 0.157. The van der Waals surface area contributed by atoms with Crippen molar-refractivity contribution in [2.24, 2.45) is 0 Å². The standard InChI is InChI=1S/C23H26N2O5/c1-3-12-30-20-10-9-16(14-21(20)29-2)22(27)24-18-7-4-6-17(13-18)23(28)25-11-5-8-19(26)15-25/h3-4,6-7,9-10,13-14,19,26H,1,5,8,11-12,15H2,2H3,(H,24,27). The Morgan fingerprint density at radius 3 is 2.80 bits per heavy atom. The average Bonchev–Trinajstić information content (AvgIpc) is 2.77. The normalized spacial score (nSPS) is 15.9. The van der Waals surface area contributed by atoms with Gasteiger partial charge in [-0.25, -0.2) is 0 Å². The van der Waals surface area contributed by atoms with Crippen LogP contribution in [0.3, 0.4) is 0 Å². The number of piperidine rings is 1. The Labute approximate surface area is 175 Å². The molecule has 3 rings (SSSR count). The number of carbonyl (C=O) groups excluding carboxylic acids is 2. The first-order chi connectivity index (χ1) is 14.5. The van der Waals surface area contributed by atoms with E-state index in [1.807, 2.05) is 0 Å². The molecule has 2 amide bonds. The number of methoxy groups -OCH3 is 1. The van der Waals surface area contributed by atoms with Crippen LogP contribution in [0.2, 0.25) is 0 Å². The van der Waals surface area contributed by atoms with Crippen molar-refractivity contribution in [3.05, 3.63) is 66.2 Å². The Hall–Kier alpha value is -3.32. The molecule has 0 saturated carbocycles. The maximum absolute atomic E-state index is 12.7. The number of anilines is 1. The monoisotopic (exact) mass is 410 g/mol. The number of aliphatic hydroxyl groups is 1. The molecule has 0 spiro atoms. The summed E-state index contributed by atoms with van der Waals surface area (Å²) in [6.07, 6.45) is 2.62. The lowest BCUT2D eigenvalue weighted by Crippen LogP contribution is -2.42. The van der Waals surface area contributed by atoms with Gasteiger partial charge in [-0.3, -0.25) is 9.59 Å². The number of nitrogens with one attached hydrogen (secondary N) is 1. The van der Waals surface area contributed by atoms with Gasteiger partial charge in [0.2, 0.25) is 0 Å². The molecule has 1 aliphatic heterocycles. The van der Waals surface area contributed by atoms with E-state index in [4.69, 9.17) is 9.47 Å². The van der Waals surface area contributed by atoms with Crippen molar-refractivity contribution < 1.29 is 24.2 Å². The summed E-state index contributed by atoms with van der Waals surface area (Å²) in [4.78, 5) is 27.0. The van der Waals surface area contributed by atoms with Gasteiger partial charge in [-0.2, -0.15) is 0 Å². The fourth-order valence-electron chi connectivity index (χ4n) is 3.33. The van der Waals surface area contributed by atoms with Gasteiger partial charge in [0.25, 0.3) is 11.8 Å². The van der Waals surface area contributed by atoms with Gasteiger partial charge in [-0.1, -0.05) is 18.7 Å². The van der Waals surface area contributed by atoms with Gasteiger partial charge >= 0.3 is 0 Å². The molecule has 1 fully saturated rings. The lowest BCUT2D eigenvalue weighted by molar-refractivity contribution is 0.0474. The van der Waals surface area contributed by atoms with Gasteiger partial charge in [-0.15, -0.1) is 0 Å². The van der Waals surface area contributed by atoms with Gasteiger partial charge in [0.15, 0.2) is 11.5 Å². The van der Waals surface area contributed by atoms with E-state index in [1.165, 1.54) is 7.11 Å². The maximum atomic E-state index is 12.7. The minimum atomic E-state index is -0.487. The third-order valence-electron chi connectivity index (χ3n) is 4.83. The third kappa shape index (κ3) is 5.18. The number of benzene rings is 2. The summed E-state index contributed by atoms with van der Waals surface area (Å²) < 4.78 is 10.8. The maximum Gasteiger partial charge on any atom is 0.255 e. The van der Waals surface area contributed by atoms with E-state index in [9.17, 15) is 14.7 Å². The van der Waals surface area contributed by atoms with Crippen molar-refractivity contribution >= 4 is 17.5 Å². The van der Waals surface area contributed by atoms with E-state index in [2.05, 4.69) is 11.9 Å². The number of β-amino-alcohol motifs (C(OH)–C–C–N with tert-alkyl or cyclic N) is 1. The third-order valence-corrected chi connectivity index (χ3v) is 4.83. The highest BCUT2D eigenvalue weighted by Crippen LogP contribution is 2.28. The number of hydrogen-bond acceptors (Lipinski definition) is 5. The molecule has 0 aliphatic carbocycles. The summed E-state index contributed by atoms with van der Waals surface area (Å²) in [5.74, 6) is 0.471. The second-order valence-electron chi connectivity index (χ2n) is 7.05. The highest BCUT2D eigenvalue weighted by molar-refractivity contribution is 6.05. The molecule has 7 nitrogen and oxygen atoms in total. The quantitative estimate of drug-likeness (QED) is 0.685. The predicted molar refractivity (Wildman–Crippen MR) is 114 cm³/mol. The smallest absolute Gasteiger partial charge is 0.255 e. The zero-order valence-electron chi connectivity index (χ0n) is 17.0. The molecule has 2 N–H and O–H groups in total. The molecule has 1 aliphatic rings. The highest BCUT2D eigenvalue weighted by atomic mass is 16.5. The molecular formula is C23H26N2O5. The van der Waals surface area contributed by atoms with Crippen LogP contribution in [0.1, 0.15) is 33.6 Å². The number of amides is 2. The largest absolute Gasteiger partial charge is 0.493 e. The van der Waals surface area contributed by atoms with E-state index >= 15 is 0 Å². The number of hydrogen-bond donors (Lipinski definition) is 2. The summed E-state index contributed by atoms with van der Waals surface area (Å²) in [5, 5.41) is 12.6. The Morgan fingerprint density at radius 2 is 2.07 bits per heavy atom. The van der Waals surface area contributed by atoms with Crippen molar-refractivity contribution in [3.8, 4) is 11.5 Å². The number of rotatable bonds is 7. The molecule has 1 atom stereocenters. The molecule has 158 valence electrons. The molecule has 7 heteroatoms. The average molecular weight is 410 g/mol. The second-order valence-corrected chi connectivity index (χ2v) is 7.05. The van der Waals surface area contributed by atoms with Gasteiger partial charge in [0, 0.05) is 29.9 Å². The summed E-state index contributed by atoms with van der Waals surface area (Å²) in [6, 6.07) is 11.7. The summed E-state index contributed by atoms with van der Waals surface area (Å²) >= 11 is 0. The fraction of sp³-hybridized carbons (Fsp3) is 0.304. The summed E-state index contributed by atoms with van der Waals surface area (Å²) in [7, 11) is 1.50. The zero-order chi connectivity index (χ0) is 21.5. The lowest BCUT2D eigenvalue weighted by atomic mass is 10.1. The fourth-order valence-corrected chi connectivity index (χ4v) is 3.33. The molecule has 1 heterocycles. The number of nitrogens with zero attached hydrogens (tertiary/aromatic N) is 1. The van der Waals surface area contributed by atoms with Crippen LogP contribution in [0.25, 0.3) is 0 Å². The molecule has 2 aromatic rings. The van der Waals surface area contributed by atoms with Crippen molar-refractivity contribution in [1.29, 1.82) is 0 Å². The highest BCUT2D eigenvalue weighted by Gasteiger charge is 2.23. The molecule has 1 unspecified atom stereocenters. The molecule has 0 bridgehead atoms. The van der Waals surface area contributed by atoms with E-state index in [0.29, 0.717) is 54.4 Å². The van der Waals surface area contributed by atoms with E-state index < -0.39 is 6.10 Å². The summed E-state index contributed by atoms with van der Waals surface area (Å²) in [5.41, 5.74) is 1.37. The number of carbonyl (C=O) groups is 2. The molecular weight excluding hydrogens is 384 g/mol. The van der Waals surface area contributed by atoms with Crippen LogP contribution in [0.15, 0.2) is 55.1 Å². The Bertz CT molecular complexity index is 928. The van der Waals surface area contributed by atoms with Crippen LogP contribution in [0.5, 0.6) is 11.5 Å². The first-order valence-corrected chi connectivity index (χ1v) is 9.82. The van der Waals surface area contributed by atoms with Crippen LogP contribution < -0.4 is 14.8 Å². The first-order valence-electron chi connectivity index (χ1n) is 9.82. The van der Waals surface area contributed by atoms with Crippen molar-refractivity contribution in [2.75, 3.05) is 32.1 Å². The molecule has 2 aromatic carbocycles. The summed E-state index contributed by atoms with van der Waals surface area (Å²) in [6.45, 7) is 4.88. The van der Waals surface area contributed by atoms with Gasteiger partial charge in [-0.05, 0) is 49.2 Å². The SMILES string of the molecule is C=CCOc1ccc(C(=O)Nc2cccc(C(=O)N3CCCC(O)C3)c2)cc1OC. The van der Waals surface area contributed by atoms with Crippen LogP contribution in [0, 0.1) is 0 Å². The van der Waals surface area contributed by atoms with Crippen molar-refractivity contribution in [2.45, 2.75) is 18.9 Å². The predicted octanol–water partition coefficient (Wildman–Crippen LogP) is 3.11. The molecule has 0 aromatic heterocycles. The van der Waals surface area contributed by atoms with Crippen LogP contribution in [-0.2, 0) is 0 Å². The Balaban J connectivity index is 1.72. The minimum Gasteiger partial charge on any atom is -0.493 e.